The fraction of sp³-hybridized carbons (Fsp3) is 0.444. The second kappa shape index (κ2) is 7.66. The smallest absolute Gasteiger partial charge is 0.226 e. The van der Waals surface area contributed by atoms with Crippen molar-refractivity contribution in [2.45, 2.75) is 38.5 Å². The van der Waals surface area contributed by atoms with E-state index in [2.05, 4.69) is 10.3 Å². The minimum atomic E-state index is -0.0223. The van der Waals surface area contributed by atoms with Crippen molar-refractivity contribution in [3.63, 3.8) is 0 Å². The fourth-order valence-corrected chi connectivity index (χ4v) is 4.05. The van der Waals surface area contributed by atoms with E-state index in [1.807, 2.05) is 18.2 Å². The first-order valence-electron chi connectivity index (χ1n) is 8.19. The molecule has 0 bridgehead atoms. The number of hydrogen-bond donors (Lipinski definition) is 1. The van der Waals surface area contributed by atoms with Crippen molar-refractivity contribution < 1.29 is 14.3 Å². The van der Waals surface area contributed by atoms with Gasteiger partial charge >= 0.3 is 0 Å². The molecule has 0 saturated carbocycles. The molecule has 2 aromatic rings. The Morgan fingerprint density at radius 2 is 2.08 bits per heavy atom. The van der Waals surface area contributed by atoms with Gasteiger partial charge in [-0.3, -0.25) is 4.79 Å². The molecule has 6 heteroatoms. The van der Waals surface area contributed by atoms with E-state index >= 15 is 0 Å². The molecule has 0 radical (unpaired) electrons. The summed E-state index contributed by atoms with van der Waals surface area (Å²) in [5.74, 6) is 1.35. The zero-order valence-electron chi connectivity index (χ0n) is 14.1. The number of ether oxygens (including phenoxy) is 2. The lowest BCUT2D eigenvalue weighted by Gasteiger charge is -2.12. The minimum absolute atomic E-state index is 0.0223. The number of benzene rings is 1. The van der Waals surface area contributed by atoms with Gasteiger partial charge < -0.3 is 14.8 Å². The summed E-state index contributed by atoms with van der Waals surface area (Å²) < 4.78 is 10.7. The predicted molar refractivity (Wildman–Crippen MR) is 95.3 cm³/mol. The van der Waals surface area contributed by atoms with Crippen LogP contribution >= 0.6 is 11.3 Å². The number of methoxy groups -OCH3 is 2. The molecule has 1 heterocycles. The molecule has 5 nitrogen and oxygen atoms in total. The van der Waals surface area contributed by atoms with Crippen LogP contribution in [-0.2, 0) is 24.1 Å². The summed E-state index contributed by atoms with van der Waals surface area (Å²) >= 11 is 1.61. The Balaban J connectivity index is 1.61. The average molecular weight is 346 g/mol. The van der Waals surface area contributed by atoms with Crippen LogP contribution in [0, 0.1) is 0 Å². The number of fused-ring (bicyclic) bond motifs is 1. The van der Waals surface area contributed by atoms with Gasteiger partial charge in [0.2, 0.25) is 5.91 Å². The molecular weight excluding hydrogens is 324 g/mol. The van der Waals surface area contributed by atoms with E-state index in [1.165, 1.54) is 17.7 Å². The van der Waals surface area contributed by atoms with E-state index in [0.717, 1.165) is 29.2 Å². The van der Waals surface area contributed by atoms with Crippen LogP contribution in [0.1, 0.15) is 35.4 Å². The monoisotopic (exact) mass is 346 g/mol. The number of nitrogens with one attached hydrogen (secondary N) is 1. The van der Waals surface area contributed by atoms with E-state index in [4.69, 9.17) is 9.47 Å². The van der Waals surface area contributed by atoms with Gasteiger partial charge in [0.25, 0.3) is 0 Å². The molecular formula is C18H22N2O3S. The molecule has 1 amide bonds. The Labute approximate surface area is 146 Å². The summed E-state index contributed by atoms with van der Waals surface area (Å²) in [6, 6.07) is 5.71. The molecule has 1 aliphatic carbocycles. The molecule has 128 valence electrons. The topological polar surface area (TPSA) is 60.5 Å². The van der Waals surface area contributed by atoms with Crippen LogP contribution in [0.3, 0.4) is 0 Å². The third-order valence-corrected chi connectivity index (χ3v) is 5.27. The van der Waals surface area contributed by atoms with Gasteiger partial charge in [-0.1, -0.05) is 12.1 Å². The SMILES string of the molecule is COc1cccc(CCC(=O)Nc2nc3c(s2)CCCC3)c1OC. The van der Waals surface area contributed by atoms with Crippen molar-refractivity contribution in [3.8, 4) is 11.5 Å². The van der Waals surface area contributed by atoms with Crippen molar-refractivity contribution in [2.75, 3.05) is 19.5 Å². The number of hydrogen-bond acceptors (Lipinski definition) is 5. The fourth-order valence-electron chi connectivity index (χ4n) is 2.99. The lowest BCUT2D eigenvalue weighted by atomic mass is 10.0. The van der Waals surface area contributed by atoms with Gasteiger partial charge in [-0.05, 0) is 43.7 Å². The average Bonchev–Trinajstić information content (AvgIpc) is 3.01. The molecule has 1 N–H and O–H groups in total. The van der Waals surface area contributed by atoms with Gasteiger partial charge in [0.1, 0.15) is 0 Å². The Hall–Kier alpha value is -2.08. The van der Waals surface area contributed by atoms with Gasteiger partial charge in [-0.25, -0.2) is 4.98 Å². The number of rotatable bonds is 6. The van der Waals surface area contributed by atoms with E-state index in [-0.39, 0.29) is 5.91 Å². The maximum atomic E-state index is 12.2. The first-order valence-corrected chi connectivity index (χ1v) is 9.01. The normalized spacial score (nSPS) is 13.2. The number of anilines is 1. The Kier molecular flexibility index (Phi) is 5.35. The molecule has 0 aliphatic heterocycles. The molecule has 0 atom stereocenters. The van der Waals surface area contributed by atoms with Crippen molar-refractivity contribution in [1.29, 1.82) is 0 Å². The standard InChI is InChI=1S/C18H22N2O3S/c1-22-14-8-5-6-12(17(14)23-2)10-11-16(21)20-18-19-13-7-3-4-9-15(13)24-18/h5-6,8H,3-4,7,9-11H2,1-2H3,(H,19,20,21). The number of amides is 1. The highest BCUT2D eigenvalue weighted by atomic mass is 32.1. The first kappa shape index (κ1) is 16.8. The Morgan fingerprint density at radius 3 is 2.83 bits per heavy atom. The lowest BCUT2D eigenvalue weighted by Crippen LogP contribution is -2.12. The Bertz CT molecular complexity index is 704. The zero-order chi connectivity index (χ0) is 16.9. The molecule has 3 rings (SSSR count). The van der Waals surface area contributed by atoms with Crippen LogP contribution in [0.25, 0.3) is 0 Å². The van der Waals surface area contributed by atoms with Crippen molar-refractivity contribution >= 4 is 22.4 Å². The molecule has 0 fully saturated rings. The van der Waals surface area contributed by atoms with E-state index in [0.29, 0.717) is 24.3 Å². The van der Waals surface area contributed by atoms with E-state index in [1.54, 1.807) is 25.6 Å². The second-order valence-corrected chi connectivity index (χ2v) is 6.88. The second-order valence-electron chi connectivity index (χ2n) is 5.80. The number of nitrogens with zero attached hydrogens (tertiary/aromatic N) is 1. The van der Waals surface area contributed by atoms with Crippen molar-refractivity contribution in [2.24, 2.45) is 0 Å². The molecule has 0 saturated heterocycles. The van der Waals surface area contributed by atoms with Gasteiger partial charge in [0, 0.05) is 11.3 Å². The van der Waals surface area contributed by atoms with E-state index in [9.17, 15) is 4.79 Å². The molecule has 1 aromatic carbocycles. The third kappa shape index (κ3) is 3.70. The Morgan fingerprint density at radius 1 is 1.25 bits per heavy atom. The predicted octanol–water partition coefficient (Wildman–Crippen LogP) is 3.61. The summed E-state index contributed by atoms with van der Waals surface area (Å²) in [7, 11) is 3.22. The molecule has 0 unspecified atom stereocenters. The molecule has 1 aromatic heterocycles. The van der Waals surface area contributed by atoms with Crippen molar-refractivity contribution in [3.05, 3.63) is 34.3 Å². The molecule has 0 spiro atoms. The van der Waals surface area contributed by atoms with Crippen LogP contribution < -0.4 is 14.8 Å². The quantitative estimate of drug-likeness (QED) is 0.868. The summed E-state index contributed by atoms with van der Waals surface area (Å²) in [6.45, 7) is 0. The summed E-state index contributed by atoms with van der Waals surface area (Å²) in [4.78, 5) is 18.1. The highest BCUT2D eigenvalue weighted by Gasteiger charge is 2.17. The minimum Gasteiger partial charge on any atom is -0.493 e. The molecule has 1 aliphatic rings. The summed E-state index contributed by atoms with van der Waals surface area (Å²) in [5, 5.41) is 3.66. The summed E-state index contributed by atoms with van der Waals surface area (Å²) in [6.07, 6.45) is 5.51. The highest BCUT2D eigenvalue weighted by Crippen LogP contribution is 2.32. The number of aryl methyl sites for hydroxylation is 3. The third-order valence-electron chi connectivity index (χ3n) is 4.20. The van der Waals surface area contributed by atoms with Gasteiger partial charge in [0.15, 0.2) is 16.6 Å². The van der Waals surface area contributed by atoms with Crippen LogP contribution in [0.5, 0.6) is 11.5 Å². The number of para-hydroxylation sites is 1. The number of thiazole rings is 1. The number of carbonyl (C=O) groups is 1. The number of aromatic nitrogens is 1. The van der Waals surface area contributed by atoms with E-state index < -0.39 is 0 Å². The van der Waals surface area contributed by atoms with Crippen molar-refractivity contribution in [1.82, 2.24) is 4.98 Å². The van der Waals surface area contributed by atoms with Crippen LogP contribution in [0.2, 0.25) is 0 Å². The van der Waals surface area contributed by atoms with Crippen LogP contribution in [0.15, 0.2) is 18.2 Å². The van der Waals surface area contributed by atoms with Gasteiger partial charge in [0.05, 0.1) is 19.9 Å². The maximum Gasteiger partial charge on any atom is 0.226 e. The highest BCUT2D eigenvalue weighted by molar-refractivity contribution is 7.15. The molecule has 24 heavy (non-hydrogen) atoms. The number of carbonyl (C=O) groups excluding carboxylic acids is 1. The largest absolute Gasteiger partial charge is 0.493 e. The van der Waals surface area contributed by atoms with Crippen LogP contribution in [0.4, 0.5) is 5.13 Å². The summed E-state index contributed by atoms with van der Waals surface area (Å²) in [5.41, 5.74) is 2.13. The first-order chi connectivity index (χ1) is 11.7. The van der Waals surface area contributed by atoms with Crippen LogP contribution in [-0.4, -0.2) is 25.1 Å². The van der Waals surface area contributed by atoms with Gasteiger partial charge in [-0.2, -0.15) is 0 Å². The van der Waals surface area contributed by atoms with Gasteiger partial charge in [-0.15, -0.1) is 11.3 Å². The zero-order valence-corrected chi connectivity index (χ0v) is 14.9. The maximum absolute atomic E-state index is 12.2. The lowest BCUT2D eigenvalue weighted by molar-refractivity contribution is -0.116.